The first-order valence-corrected chi connectivity index (χ1v) is 6.93. The zero-order chi connectivity index (χ0) is 14.3. The molecule has 0 fully saturated rings. The van der Waals surface area contributed by atoms with Gasteiger partial charge in [-0.1, -0.05) is 13.0 Å². The lowest BCUT2D eigenvalue weighted by atomic mass is 9.63. The van der Waals surface area contributed by atoms with E-state index in [2.05, 4.69) is 47.0 Å². The van der Waals surface area contributed by atoms with E-state index < -0.39 is 5.59 Å². The molecule has 1 heterocycles. The SMILES string of the molecule is BC(B)(C)N[C@H](C)Cc1ccc2c(c1)OC(B)(B)O2. The van der Waals surface area contributed by atoms with Crippen LogP contribution in [-0.4, -0.2) is 48.4 Å². The molecule has 0 aromatic heterocycles. The molecule has 1 aromatic carbocycles. The molecule has 1 atom stereocenters. The molecule has 0 aliphatic carbocycles. The average Bonchev–Trinajstić information content (AvgIpc) is 2.47. The van der Waals surface area contributed by atoms with Crippen LogP contribution < -0.4 is 14.8 Å². The van der Waals surface area contributed by atoms with Crippen molar-refractivity contribution in [3.05, 3.63) is 23.8 Å². The van der Waals surface area contributed by atoms with Crippen LogP contribution in [0.3, 0.4) is 0 Å². The summed E-state index contributed by atoms with van der Waals surface area (Å²) in [6.07, 6.45) is 0.980. The van der Waals surface area contributed by atoms with Crippen LogP contribution in [0.15, 0.2) is 18.2 Å². The summed E-state index contributed by atoms with van der Waals surface area (Å²) >= 11 is 0. The molecule has 0 saturated heterocycles. The lowest BCUT2D eigenvalue weighted by Gasteiger charge is -2.26. The third-order valence-electron chi connectivity index (χ3n) is 2.94. The van der Waals surface area contributed by atoms with Crippen LogP contribution in [0.25, 0.3) is 0 Å². The monoisotopic (exact) mass is 255 g/mol. The van der Waals surface area contributed by atoms with Gasteiger partial charge in [0.2, 0.25) is 0 Å². The molecule has 1 aliphatic rings. The number of rotatable bonds is 4. The highest BCUT2D eigenvalue weighted by Crippen LogP contribution is 2.37. The molecule has 98 valence electrons. The minimum Gasteiger partial charge on any atom is -0.467 e. The predicted octanol–water partition coefficient (Wildman–Crippen LogP) is -2.20. The summed E-state index contributed by atoms with van der Waals surface area (Å²) in [7, 11) is 8.23. The molecular formula is C12H21B4NO2. The Balaban J connectivity index is 2.04. The highest BCUT2D eigenvalue weighted by Gasteiger charge is 2.31. The van der Waals surface area contributed by atoms with Crippen molar-refractivity contribution >= 4 is 31.4 Å². The number of nitrogens with one attached hydrogen (secondary N) is 1. The summed E-state index contributed by atoms with van der Waals surface area (Å²) in [5.41, 5.74) is 0.722. The second kappa shape index (κ2) is 4.86. The summed E-state index contributed by atoms with van der Waals surface area (Å²) in [6.45, 7) is 4.39. The summed E-state index contributed by atoms with van der Waals surface area (Å²) in [5.74, 6) is 1.69. The minimum absolute atomic E-state index is 0.137. The van der Waals surface area contributed by atoms with Gasteiger partial charge in [0.05, 0.1) is 0 Å². The predicted molar refractivity (Wildman–Crippen MR) is 89.3 cm³/mol. The molecular weight excluding hydrogens is 233 g/mol. The maximum Gasteiger partial charge on any atom is 0.197 e. The van der Waals surface area contributed by atoms with Crippen molar-refractivity contribution in [2.24, 2.45) is 0 Å². The fraction of sp³-hybridized carbons (Fsp3) is 0.500. The molecule has 3 nitrogen and oxygen atoms in total. The molecule has 1 aliphatic heterocycles. The van der Waals surface area contributed by atoms with Crippen molar-refractivity contribution in [3.8, 4) is 11.5 Å². The molecule has 1 aromatic rings. The molecule has 0 radical (unpaired) electrons. The molecule has 0 amide bonds. The smallest absolute Gasteiger partial charge is 0.197 e. The van der Waals surface area contributed by atoms with Crippen LogP contribution >= 0.6 is 0 Å². The average molecular weight is 255 g/mol. The van der Waals surface area contributed by atoms with E-state index in [0.29, 0.717) is 6.04 Å². The quantitative estimate of drug-likeness (QED) is 0.619. The van der Waals surface area contributed by atoms with E-state index in [-0.39, 0.29) is 5.34 Å². The zero-order valence-corrected chi connectivity index (χ0v) is 12.8. The van der Waals surface area contributed by atoms with Crippen LogP contribution in [-0.2, 0) is 6.42 Å². The van der Waals surface area contributed by atoms with E-state index in [1.807, 2.05) is 21.8 Å². The van der Waals surface area contributed by atoms with Crippen molar-refractivity contribution in [1.29, 1.82) is 0 Å². The Morgan fingerprint density at radius 2 is 1.89 bits per heavy atom. The standard InChI is InChI=1S/C12H21B4NO2/c1-7(17-11(2,13)14)5-8-3-4-9-10(6-8)19-12(15,16)18-9/h3-4,6-7,17H,5,13-16H2,1-2H3/t7-/m1/s1. The van der Waals surface area contributed by atoms with Crippen molar-refractivity contribution in [2.75, 3.05) is 0 Å². The maximum absolute atomic E-state index is 5.77. The normalized spacial score (nSPS) is 18.2. The van der Waals surface area contributed by atoms with Gasteiger partial charge in [0.25, 0.3) is 0 Å². The molecule has 1 N–H and O–H groups in total. The van der Waals surface area contributed by atoms with Crippen molar-refractivity contribution < 1.29 is 9.47 Å². The Bertz CT molecular complexity index is 473. The Morgan fingerprint density at radius 1 is 1.26 bits per heavy atom. The molecule has 19 heavy (non-hydrogen) atoms. The van der Waals surface area contributed by atoms with Gasteiger partial charge in [0.15, 0.2) is 32.8 Å². The van der Waals surface area contributed by atoms with Crippen LogP contribution in [0.5, 0.6) is 11.5 Å². The Kier molecular flexibility index (Phi) is 3.69. The Hall–Kier alpha value is -0.960. The summed E-state index contributed by atoms with van der Waals surface area (Å²) in [5, 5.41) is 3.72. The van der Waals surface area contributed by atoms with Gasteiger partial charge in [-0.05, 0) is 36.4 Å². The van der Waals surface area contributed by atoms with Crippen molar-refractivity contribution in [1.82, 2.24) is 5.32 Å². The largest absolute Gasteiger partial charge is 0.467 e. The molecule has 0 spiro atoms. The third kappa shape index (κ3) is 4.00. The van der Waals surface area contributed by atoms with Gasteiger partial charge >= 0.3 is 0 Å². The number of ether oxygens (including phenoxy) is 2. The van der Waals surface area contributed by atoms with Gasteiger partial charge in [0, 0.05) is 6.04 Å². The van der Waals surface area contributed by atoms with E-state index in [4.69, 9.17) is 9.47 Å². The maximum atomic E-state index is 5.77. The van der Waals surface area contributed by atoms with Crippen LogP contribution in [0.1, 0.15) is 19.4 Å². The fourth-order valence-corrected chi connectivity index (χ4v) is 2.54. The Morgan fingerprint density at radius 3 is 2.53 bits per heavy atom. The van der Waals surface area contributed by atoms with Crippen molar-refractivity contribution in [2.45, 2.75) is 37.2 Å². The van der Waals surface area contributed by atoms with Gasteiger partial charge in [-0.25, -0.2) is 0 Å². The molecule has 2 rings (SSSR count). The van der Waals surface area contributed by atoms with Gasteiger partial charge in [-0.2, -0.15) is 0 Å². The van der Waals surface area contributed by atoms with E-state index in [9.17, 15) is 0 Å². The van der Waals surface area contributed by atoms with Gasteiger partial charge < -0.3 is 14.8 Å². The first kappa shape index (κ1) is 14.4. The molecule has 7 heteroatoms. The molecule has 0 bridgehead atoms. The Labute approximate surface area is 119 Å². The fourth-order valence-electron chi connectivity index (χ4n) is 2.54. The lowest BCUT2D eigenvalue weighted by Crippen LogP contribution is -2.48. The summed E-state index contributed by atoms with van der Waals surface area (Å²) in [4.78, 5) is 0. The van der Waals surface area contributed by atoms with E-state index >= 15 is 0 Å². The highest BCUT2D eigenvalue weighted by atomic mass is 16.7. The minimum atomic E-state index is -0.545. The van der Waals surface area contributed by atoms with Gasteiger partial charge in [-0.3, -0.25) is 0 Å². The molecule has 0 saturated carbocycles. The number of fused-ring (bicyclic) bond motifs is 1. The summed E-state index contributed by atoms with van der Waals surface area (Å²) < 4.78 is 11.5. The number of hydrogen-bond donors (Lipinski definition) is 1. The number of benzene rings is 1. The molecule has 0 unspecified atom stereocenters. The van der Waals surface area contributed by atoms with Gasteiger partial charge in [-0.15, -0.1) is 0 Å². The van der Waals surface area contributed by atoms with E-state index in [1.54, 1.807) is 0 Å². The number of hydrogen-bond acceptors (Lipinski definition) is 3. The van der Waals surface area contributed by atoms with Crippen molar-refractivity contribution in [3.63, 3.8) is 0 Å². The first-order valence-electron chi connectivity index (χ1n) is 6.93. The third-order valence-corrected chi connectivity index (χ3v) is 2.94. The summed E-state index contributed by atoms with van der Waals surface area (Å²) in [6, 6.07) is 6.63. The van der Waals surface area contributed by atoms with Crippen LogP contribution in [0.2, 0.25) is 0 Å². The first-order chi connectivity index (χ1) is 8.65. The van der Waals surface area contributed by atoms with E-state index in [0.717, 1.165) is 17.9 Å². The highest BCUT2D eigenvalue weighted by molar-refractivity contribution is 6.39. The van der Waals surface area contributed by atoms with Gasteiger partial charge in [0.1, 0.15) is 15.7 Å². The topological polar surface area (TPSA) is 30.5 Å². The van der Waals surface area contributed by atoms with E-state index in [1.165, 1.54) is 5.56 Å². The van der Waals surface area contributed by atoms with Crippen LogP contribution in [0.4, 0.5) is 0 Å². The zero-order valence-electron chi connectivity index (χ0n) is 12.8. The second-order valence-corrected chi connectivity index (χ2v) is 6.88. The lowest BCUT2D eigenvalue weighted by molar-refractivity contribution is 0.0833. The second-order valence-electron chi connectivity index (χ2n) is 6.88. The van der Waals surface area contributed by atoms with Crippen LogP contribution in [0, 0.1) is 0 Å².